The molecule has 0 atom stereocenters. The molecule has 0 aliphatic carbocycles. The Bertz CT molecular complexity index is 756. The van der Waals surface area contributed by atoms with Crippen LogP contribution in [0.25, 0.3) is 11.0 Å². The second-order valence-corrected chi connectivity index (χ2v) is 5.18. The summed E-state index contributed by atoms with van der Waals surface area (Å²) >= 11 is 0. The van der Waals surface area contributed by atoms with Crippen molar-refractivity contribution < 1.29 is 0 Å². The number of aryl methyl sites for hydroxylation is 2. The van der Waals surface area contributed by atoms with Crippen LogP contribution in [0.3, 0.4) is 0 Å². The molecular formula is C17H19N3. The van der Waals surface area contributed by atoms with Crippen molar-refractivity contribution in [1.82, 2.24) is 9.55 Å². The van der Waals surface area contributed by atoms with Crippen LogP contribution in [0, 0.1) is 6.92 Å². The maximum atomic E-state index is 5.80. The van der Waals surface area contributed by atoms with E-state index in [1.54, 1.807) is 0 Å². The lowest BCUT2D eigenvalue weighted by Gasteiger charge is -2.05. The number of nitrogens with zero attached hydrogens (tertiary/aromatic N) is 2. The summed E-state index contributed by atoms with van der Waals surface area (Å²) in [5, 5.41) is 0. The zero-order valence-corrected chi connectivity index (χ0v) is 11.9. The van der Waals surface area contributed by atoms with E-state index in [1.807, 2.05) is 12.1 Å². The Kier molecular flexibility index (Phi) is 3.28. The first-order valence-electron chi connectivity index (χ1n) is 6.88. The van der Waals surface area contributed by atoms with Crippen LogP contribution < -0.4 is 5.73 Å². The topological polar surface area (TPSA) is 43.8 Å². The second-order valence-electron chi connectivity index (χ2n) is 5.18. The minimum absolute atomic E-state index is 0.526. The van der Waals surface area contributed by atoms with Crippen LogP contribution in [0.15, 0.2) is 42.5 Å². The van der Waals surface area contributed by atoms with Gasteiger partial charge in [-0.1, -0.05) is 36.4 Å². The minimum Gasteiger partial charge on any atom is -0.331 e. The molecule has 20 heavy (non-hydrogen) atoms. The van der Waals surface area contributed by atoms with Crippen LogP contribution in [0.2, 0.25) is 0 Å². The van der Waals surface area contributed by atoms with E-state index in [-0.39, 0.29) is 0 Å². The zero-order chi connectivity index (χ0) is 14.1. The van der Waals surface area contributed by atoms with Crippen molar-refractivity contribution >= 4 is 11.0 Å². The van der Waals surface area contributed by atoms with E-state index in [1.165, 1.54) is 11.1 Å². The molecule has 0 saturated heterocycles. The van der Waals surface area contributed by atoms with E-state index in [2.05, 4.69) is 48.9 Å². The van der Waals surface area contributed by atoms with Gasteiger partial charge in [-0.05, 0) is 29.7 Å². The highest BCUT2D eigenvalue weighted by molar-refractivity contribution is 5.79. The fraction of sp³-hybridized carbons (Fsp3) is 0.235. The Balaban J connectivity index is 2.09. The fourth-order valence-corrected chi connectivity index (χ4v) is 2.62. The van der Waals surface area contributed by atoms with E-state index in [9.17, 15) is 0 Å². The van der Waals surface area contributed by atoms with E-state index in [4.69, 9.17) is 10.7 Å². The molecule has 0 aliphatic heterocycles. The average Bonchev–Trinajstić information content (AvgIpc) is 2.78. The third-order valence-corrected chi connectivity index (χ3v) is 3.92. The molecule has 2 aromatic carbocycles. The molecule has 0 amide bonds. The summed E-state index contributed by atoms with van der Waals surface area (Å²) in [7, 11) is 2.07. The lowest BCUT2D eigenvalue weighted by molar-refractivity contribution is 0.842. The van der Waals surface area contributed by atoms with Gasteiger partial charge in [0.2, 0.25) is 0 Å². The third-order valence-electron chi connectivity index (χ3n) is 3.92. The predicted octanol–water partition coefficient (Wildman–Crippen LogP) is 2.93. The van der Waals surface area contributed by atoms with E-state index in [0.29, 0.717) is 6.54 Å². The fourth-order valence-electron chi connectivity index (χ4n) is 2.62. The molecule has 3 rings (SSSR count). The zero-order valence-electron chi connectivity index (χ0n) is 11.9. The molecule has 0 spiro atoms. The Morgan fingerprint density at radius 2 is 1.80 bits per heavy atom. The first-order chi connectivity index (χ1) is 9.70. The molecule has 2 N–H and O–H groups in total. The maximum Gasteiger partial charge on any atom is 0.114 e. The maximum absolute atomic E-state index is 5.80. The van der Waals surface area contributed by atoms with E-state index < -0.39 is 0 Å². The van der Waals surface area contributed by atoms with Gasteiger partial charge in [0.05, 0.1) is 11.0 Å². The lowest BCUT2D eigenvalue weighted by Crippen LogP contribution is -2.00. The monoisotopic (exact) mass is 265 g/mol. The molecule has 0 radical (unpaired) electrons. The predicted molar refractivity (Wildman–Crippen MR) is 82.6 cm³/mol. The normalized spacial score (nSPS) is 11.2. The van der Waals surface area contributed by atoms with Crippen LogP contribution in [0.1, 0.15) is 22.5 Å². The van der Waals surface area contributed by atoms with Crippen LogP contribution in [0.4, 0.5) is 0 Å². The first-order valence-corrected chi connectivity index (χ1v) is 6.88. The van der Waals surface area contributed by atoms with Crippen molar-refractivity contribution in [1.29, 1.82) is 0 Å². The van der Waals surface area contributed by atoms with Gasteiger partial charge in [-0.25, -0.2) is 4.98 Å². The Morgan fingerprint density at radius 3 is 2.55 bits per heavy atom. The Labute approximate surface area is 119 Å². The van der Waals surface area contributed by atoms with E-state index >= 15 is 0 Å². The van der Waals surface area contributed by atoms with Gasteiger partial charge >= 0.3 is 0 Å². The molecule has 3 aromatic rings. The largest absolute Gasteiger partial charge is 0.331 e. The quantitative estimate of drug-likeness (QED) is 0.791. The van der Waals surface area contributed by atoms with Crippen molar-refractivity contribution in [2.45, 2.75) is 19.9 Å². The number of hydrogen-bond acceptors (Lipinski definition) is 2. The molecular weight excluding hydrogens is 246 g/mol. The summed E-state index contributed by atoms with van der Waals surface area (Å²) in [6.45, 7) is 2.67. The number of para-hydroxylation sites is 1. The molecule has 0 saturated carbocycles. The van der Waals surface area contributed by atoms with Gasteiger partial charge in [-0.15, -0.1) is 0 Å². The number of benzene rings is 2. The van der Waals surface area contributed by atoms with E-state index in [0.717, 1.165) is 28.8 Å². The average molecular weight is 265 g/mol. The molecule has 0 fully saturated rings. The van der Waals surface area contributed by atoms with Gasteiger partial charge in [-0.3, -0.25) is 0 Å². The van der Waals surface area contributed by atoms with Gasteiger partial charge in [-0.2, -0.15) is 0 Å². The molecule has 0 aliphatic rings. The van der Waals surface area contributed by atoms with Crippen molar-refractivity contribution in [3.8, 4) is 0 Å². The van der Waals surface area contributed by atoms with Gasteiger partial charge in [0.1, 0.15) is 5.82 Å². The molecule has 1 aromatic heterocycles. The highest BCUT2D eigenvalue weighted by atomic mass is 15.1. The van der Waals surface area contributed by atoms with Crippen molar-refractivity contribution in [2.75, 3.05) is 0 Å². The van der Waals surface area contributed by atoms with Crippen molar-refractivity contribution in [3.63, 3.8) is 0 Å². The number of nitrogens with two attached hydrogens (primary N) is 1. The lowest BCUT2D eigenvalue weighted by atomic mass is 10.1. The molecule has 0 unspecified atom stereocenters. The van der Waals surface area contributed by atoms with Crippen LogP contribution in [-0.2, 0) is 20.0 Å². The number of hydrogen-bond donors (Lipinski definition) is 1. The van der Waals surface area contributed by atoms with Gasteiger partial charge in [0, 0.05) is 20.0 Å². The van der Waals surface area contributed by atoms with Gasteiger partial charge in [0.15, 0.2) is 0 Å². The standard InChI is InChI=1S/C17H19N3/c1-12-6-3-4-7-13(12)10-16-19-17-14(11-18)8-5-9-15(17)20(16)2/h3-9H,10-11,18H2,1-2H3. The molecule has 0 bridgehead atoms. The van der Waals surface area contributed by atoms with Crippen LogP contribution in [-0.4, -0.2) is 9.55 Å². The number of rotatable bonds is 3. The minimum atomic E-state index is 0.526. The highest BCUT2D eigenvalue weighted by Crippen LogP contribution is 2.21. The Hall–Kier alpha value is -2.13. The Morgan fingerprint density at radius 1 is 1.05 bits per heavy atom. The second kappa shape index (κ2) is 5.10. The summed E-state index contributed by atoms with van der Waals surface area (Å²) in [5.74, 6) is 1.08. The van der Waals surface area contributed by atoms with Gasteiger partial charge < -0.3 is 10.3 Å². The number of imidazole rings is 1. The van der Waals surface area contributed by atoms with Crippen molar-refractivity contribution in [2.24, 2.45) is 12.8 Å². The number of fused-ring (bicyclic) bond motifs is 1. The smallest absolute Gasteiger partial charge is 0.114 e. The first kappa shape index (κ1) is 12.9. The summed E-state index contributed by atoms with van der Waals surface area (Å²) in [6, 6.07) is 14.7. The molecule has 3 heteroatoms. The SMILES string of the molecule is Cc1ccccc1Cc1nc2c(CN)cccc2n1C. The van der Waals surface area contributed by atoms with Crippen LogP contribution in [0.5, 0.6) is 0 Å². The third kappa shape index (κ3) is 2.10. The summed E-state index contributed by atoms with van der Waals surface area (Å²) in [6.07, 6.45) is 0.849. The molecule has 1 heterocycles. The molecule has 102 valence electrons. The highest BCUT2D eigenvalue weighted by Gasteiger charge is 2.11. The van der Waals surface area contributed by atoms with Gasteiger partial charge in [0.25, 0.3) is 0 Å². The summed E-state index contributed by atoms with van der Waals surface area (Å²) in [5.41, 5.74) is 11.7. The molecule has 3 nitrogen and oxygen atoms in total. The van der Waals surface area contributed by atoms with Crippen LogP contribution >= 0.6 is 0 Å². The summed E-state index contributed by atoms with van der Waals surface area (Å²) < 4.78 is 2.17. The summed E-state index contributed by atoms with van der Waals surface area (Å²) in [4.78, 5) is 4.80. The van der Waals surface area contributed by atoms with Crippen molar-refractivity contribution in [3.05, 3.63) is 65.0 Å². The number of aromatic nitrogens is 2.